The summed E-state index contributed by atoms with van der Waals surface area (Å²) in [4.78, 5) is 187. The van der Waals surface area contributed by atoms with Gasteiger partial charge < -0.3 is 9.47 Å². The number of amides is 4. The van der Waals surface area contributed by atoms with Crippen LogP contribution in [0.1, 0.15) is 276 Å². The lowest BCUT2D eigenvalue weighted by atomic mass is 9.61. The highest BCUT2D eigenvalue weighted by Gasteiger charge is 2.38. The molecule has 0 spiro atoms. The third kappa shape index (κ3) is 20.3. The Morgan fingerprint density at radius 2 is 0.687 bits per heavy atom. The number of hydrogen-bond donors (Lipinski definition) is 0. The van der Waals surface area contributed by atoms with Gasteiger partial charge in [0, 0.05) is 75.8 Å². The molecule has 6 heterocycles. The Kier molecular flexibility index (Phi) is 30.0. The molecule has 2 aliphatic heterocycles. The first-order valence-corrected chi connectivity index (χ1v) is 43.0. The molecule has 115 heavy (non-hydrogen) atoms. The Morgan fingerprint density at radius 1 is 0.365 bits per heavy atom. The van der Waals surface area contributed by atoms with E-state index in [9.17, 15) is 67.1 Å². The van der Waals surface area contributed by atoms with E-state index in [-0.39, 0.29) is 98.8 Å². The normalized spacial score (nSPS) is 16.6. The maximum absolute atomic E-state index is 14.9. The number of fused-ring (bicyclic) bond motifs is 4. The maximum Gasteiger partial charge on any atom is 0.311 e. The molecule has 8 aromatic rings. The zero-order chi connectivity index (χ0) is 82.0. The van der Waals surface area contributed by atoms with Crippen LogP contribution < -0.4 is 53.9 Å². The molecule has 4 unspecified atom stereocenters. The first-order chi connectivity index (χ1) is 55.4. The molecule has 0 saturated heterocycles. The highest BCUT2D eigenvalue weighted by atomic mass is 16.5. The fraction of sp³-hybridized carbons (Fsp3) is 0.548. The first kappa shape index (κ1) is 86.0. The van der Waals surface area contributed by atoms with Crippen LogP contribution in [0.3, 0.4) is 0 Å². The van der Waals surface area contributed by atoms with Crippen LogP contribution in [0, 0.1) is 30.6 Å². The van der Waals surface area contributed by atoms with Gasteiger partial charge >= 0.3 is 11.9 Å². The standard InChI is InChI=1S/C93H116N6O16/c1-7-9-11-13-19-27-37-66-62(35-25-12-10-8-2)41-42-63(67(66)38-28-20-15-17-22-32-53-97-87(108)70-57-68-69(58-71(70)88(97)109)86(107)94(6)85(68)106)36-26-18-14-16-21-31-54-98-89(110)72-59-74-75(60-73(72)90(98)111)92(113)99(91(74)112)76-56-65(44-46-78(76)115-84(105)40-30-24-34-52-96-81(102)49-50-82(96)103)93(4,5)64-43-45-77(61(3)55-64)114-83(104)39-29-23-33-51-95-79(100)47-48-80(95)101/h43-50,55-60,62-63,66-67H,7-42,51-54H2,1-6H3. The number of carbonyl (C=O) groups excluding carboxylic acids is 6. The predicted molar refractivity (Wildman–Crippen MR) is 450 cm³/mol. The lowest BCUT2D eigenvalue weighted by Gasteiger charge is -2.44. The van der Waals surface area contributed by atoms with E-state index >= 15 is 0 Å². The van der Waals surface area contributed by atoms with Crippen molar-refractivity contribution in [3.63, 3.8) is 0 Å². The van der Waals surface area contributed by atoms with Crippen molar-refractivity contribution in [2.75, 3.05) is 13.1 Å². The molecule has 3 aliphatic rings. The Bertz CT molecular complexity index is 5180. The van der Waals surface area contributed by atoms with Crippen LogP contribution in [0.25, 0.3) is 48.8 Å². The van der Waals surface area contributed by atoms with Gasteiger partial charge in [-0.05, 0) is 154 Å². The minimum atomic E-state index is -0.852. The smallest absolute Gasteiger partial charge is 0.311 e. The lowest BCUT2D eigenvalue weighted by molar-refractivity contribution is -0.138. The maximum atomic E-state index is 14.9. The topological polar surface area (TPSA) is 284 Å². The molecule has 11 rings (SSSR count). The molecule has 614 valence electrons. The summed E-state index contributed by atoms with van der Waals surface area (Å²) in [5, 5.41) is 0.632. The Labute approximate surface area is 671 Å². The number of hydrogen-bond acceptors (Lipinski definition) is 16. The third-order valence-electron chi connectivity index (χ3n) is 25.1. The number of aromatic nitrogens is 4. The zero-order valence-electron chi connectivity index (χ0n) is 68.4. The van der Waals surface area contributed by atoms with Gasteiger partial charge in [0.05, 0.1) is 48.8 Å². The fourth-order valence-electron chi connectivity index (χ4n) is 18.3. The van der Waals surface area contributed by atoms with Crippen LogP contribution in [-0.4, -0.2) is 76.7 Å². The highest BCUT2D eigenvalue weighted by Crippen LogP contribution is 2.48. The number of imide groups is 2. The van der Waals surface area contributed by atoms with Crippen LogP contribution in [-0.2, 0) is 54.3 Å². The molecule has 22 heteroatoms. The van der Waals surface area contributed by atoms with Gasteiger partial charge in [-0.15, -0.1) is 0 Å². The second-order valence-corrected chi connectivity index (χ2v) is 33.4. The summed E-state index contributed by atoms with van der Waals surface area (Å²) in [6.45, 7) is 11.2. The molecular weight excluding hydrogens is 1460 g/mol. The summed E-state index contributed by atoms with van der Waals surface area (Å²) in [5.74, 6) is 0.615. The number of carbonyl (C=O) groups is 6. The van der Waals surface area contributed by atoms with E-state index in [4.69, 9.17) is 9.47 Å². The monoisotopic (exact) mass is 1570 g/mol. The molecule has 22 nitrogen and oxygen atoms in total. The molecule has 4 atom stereocenters. The van der Waals surface area contributed by atoms with Crippen molar-refractivity contribution in [2.24, 2.45) is 30.7 Å². The average molecular weight is 1570 g/mol. The SMILES string of the molecule is CCCCCCCCC1C(CCCCCC)CCC(CCCCCCCCn2c(=O)c3cc4c(=O)n(-c5cc(C(C)(C)c6ccc(OC(=O)CCCCCN7C(=O)C=CC7=O)c(C)c6)ccc5OC(=O)CCCCCN5C(=O)C=CC5=O)c(=O)c4cc3c2=O)C1CCCCCCCCn1c(=O)c2cc3c(=O)n(C)c(=O)c3cc2c1=O. The quantitative estimate of drug-likeness (QED) is 0.0148. The molecule has 1 aliphatic carbocycles. The summed E-state index contributed by atoms with van der Waals surface area (Å²) in [6.07, 6.45) is 40.3. The van der Waals surface area contributed by atoms with Crippen LogP contribution >= 0.6 is 0 Å². The molecular formula is C93H116N6O16. The summed E-state index contributed by atoms with van der Waals surface area (Å²) < 4.78 is 16.2. The number of esters is 2. The average Bonchev–Trinajstić information content (AvgIpc) is 1.58. The second kappa shape index (κ2) is 40.1. The Hall–Kier alpha value is -9.86. The van der Waals surface area contributed by atoms with Gasteiger partial charge in [-0.1, -0.05) is 200 Å². The van der Waals surface area contributed by atoms with E-state index in [0.29, 0.717) is 86.6 Å². The highest BCUT2D eigenvalue weighted by molar-refractivity contribution is 6.13. The third-order valence-corrected chi connectivity index (χ3v) is 25.1. The number of unbranched alkanes of at least 4 members (excludes halogenated alkanes) is 22. The van der Waals surface area contributed by atoms with Crippen molar-refractivity contribution >= 4 is 78.7 Å². The summed E-state index contributed by atoms with van der Waals surface area (Å²) in [5.41, 5.74) is -3.21. The lowest BCUT2D eigenvalue weighted by Crippen LogP contribution is -2.35. The zero-order valence-corrected chi connectivity index (χ0v) is 68.4. The first-order valence-electron chi connectivity index (χ1n) is 43.0. The Morgan fingerprint density at radius 3 is 1.10 bits per heavy atom. The number of ether oxygens (including phenoxy) is 2. The van der Waals surface area contributed by atoms with E-state index in [1.807, 2.05) is 32.9 Å². The predicted octanol–water partition coefficient (Wildman–Crippen LogP) is 15.2. The van der Waals surface area contributed by atoms with Crippen molar-refractivity contribution in [3.05, 3.63) is 184 Å². The minimum Gasteiger partial charge on any atom is -0.426 e. The van der Waals surface area contributed by atoms with Gasteiger partial charge in [0.2, 0.25) is 0 Å². The number of rotatable bonds is 47. The van der Waals surface area contributed by atoms with Gasteiger partial charge in [0.15, 0.2) is 5.75 Å². The fourth-order valence-corrected chi connectivity index (χ4v) is 18.3. The van der Waals surface area contributed by atoms with Gasteiger partial charge in [-0.3, -0.25) is 90.6 Å². The van der Waals surface area contributed by atoms with E-state index in [1.54, 1.807) is 18.2 Å². The van der Waals surface area contributed by atoms with E-state index < -0.39 is 73.6 Å². The molecule has 4 aromatic carbocycles. The van der Waals surface area contributed by atoms with Crippen molar-refractivity contribution < 1.29 is 38.2 Å². The molecule has 4 amide bonds. The minimum absolute atomic E-state index is 0.0316. The summed E-state index contributed by atoms with van der Waals surface area (Å²) in [6, 6.07) is 15.8. The van der Waals surface area contributed by atoms with Gasteiger partial charge in [0.25, 0.3) is 68.1 Å². The summed E-state index contributed by atoms with van der Waals surface area (Å²) in [7, 11) is 1.40. The van der Waals surface area contributed by atoms with Crippen molar-refractivity contribution in [3.8, 4) is 17.2 Å². The van der Waals surface area contributed by atoms with E-state index in [2.05, 4.69) is 13.8 Å². The molecule has 4 aromatic heterocycles. The Balaban J connectivity index is 0.711. The van der Waals surface area contributed by atoms with Crippen LogP contribution in [0.5, 0.6) is 11.5 Å². The van der Waals surface area contributed by atoms with Gasteiger partial charge in [-0.2, -0.15) is 0 Å². The van der Waals surface area contributed by atoms with Crippen molar-refractivity contribution in [1.82, 2.24) is 28.1 Å². The molecule has 0 radical (unpaired) electrons. The van der Waals surface area contributed by atoms with E-state index in [0.717, 1.165) is 89.2 Å². The largest absolute Gasteiger partial charge is 0.426 e. The number of benzene rings is 4. The number of aryl methyl sites for hydroxylation is 1. The van der Waals surface area contributed by atoms with Crippen LogP contribution in [0.4, 0.5) is 0 Å². The molecule has 0 bridgehead atoms. The van der Waals surface area contributed by atoms with Crippen molar-refractivity contribution in [1.29, 1.82) is 0 Å². The van der Waals surface area contributed by atoms with Crippen molar-refractivity contribution in [2.45, 2.75) is 284 Å². The molecule has 1 saturated carbocycles. The molecule has 1 fully saturated rings. The number of nitrogens with zero attached hydrogens (tertiary/aromatic N) is 6. The summed E-state index contributed by atoms with van der Waals surface area (Å²) >= 11 is 0. The second-order valence-electron chi connectivity index (χ2n) is 33.4. The van der Waals surface area contributed by atoms with Crippen LogP contribution in [0.15, 0.2) is 123 Å². The van der Waals surface area contributed by atoms with Crippen LogP contribution in [0.2, 0.25) is 0 Å². The van der Waals surface area contributed by atoms with Gasteiger partial charge in [-0.25, -0.2) is 4.57 Å². The van der Waals surface area contributed by atoms with E-state index in [1.165, 1.54) is 185 Å². The molecule has 0 N–H and O–H groups in total. The van der Waals surface area contributed by atoms with Gasteiger partial charge in [0.1, 0.15) is 5.75 Å².